The van der Waals surface area contributed by atoms with Crippen LogP contribution >= 0.6 is 0 Å². The first-order valence-electron chi connectivity index (χ1n) is 6.30. The maximum Gasteiger partial charge on any atom is 0.389 e. The first-order valence-corrected chi connectivity index (χ1v) is 6.30. The first kappa shape index (κ1) is 15.3. The van der Waals surface area contributed by atoms with E-state index in [0.717, 1.165) is 19.4 Å². The minimum Gasteiger partial charge on any atom is -0.355 e. The van der Waals surface area contributed by atoms with E-state index in [1.807, 2.05) is 13.8 Å². The minimum atomic E-state index is -4.15. The Morgan fingerprint density at radius 3 is 2.67 bits per heavy atom. The van der Waals surface area contributed by atoms with Crippen molar-refractivity contribution in [1.82, 2.24) is 10.6 Å². The third kappa shape index (κ3) is 4.84. The molecule has 0 aromatic carbocycles. The molecular formula is C12H21F3N2O. The molecule has 0 bridgehead atoms. The van der Waals surface area contributed by atoms with Gasteiger partial charge in [-0.25, -0.2) is 0 Å². The molecule has 1 rings (SSSR count). The maximum absolute atomic E-state index is 11.9. The number of piperidine rings is 1. The van der Waals surface area contributed by atoms with Gasteiger partial charge in [-0.05, 0) is 31.2 Å². The van der Waals surface area contributed by atoms with Crippen molar-refractivity contribution in [3.8, 4) is 0 Å². The Morgan fingerprint density at radius 1 is 1.44 bits per heavy atom. The van der Waals surface area contributed by atoms with Crippen molar-refractivity contribution in [2.24, 2.45) is 5.41 Å². The second kappa shape index (κ2) is 5.91. The molecule has 1 amide bonds. The quantitative estimate of drug-likeness (QED) is 0.766. The summed E-state index contributed by atoms with van der Waals surface area (Å²) >= 11 is 0. The fourth-order valence-electron chi connectivity index (χ4n) is 2.26. The van der Waals surface area contributed by atoms with Crippen molar-refractivity contribution in [3.63, 3.8) is 0 Å². The monoisotopic (exact) mass is 266 g/mol. The van der Waals surface area contributed by atoms with Crippen LogP contribution in [0.4, 0.5) is 13.2 Å². The van der Waals surface area contributed by atoms with Crippen LogP contribution in [0.5, 0.6) is 0 Å². The number of alkyl halides is 3. The van der Waals surface area contributed by atoms with E-state index in [2.05, 4.69) is 10.6 Å². The lowest BCUT2D eigenvalue weighted by Crippen LogP contribution is -2.55. The number of carbonyl (C=O) groups is 1. The zero-order valence-electron chi connectivity index (χ0n) is 10.9. The van der Waals surface area contributed by atoms with Gasteiger partial charge in [-0.15, -0.1) is 0 Å². The smallest absolute Gasteiger partial charge is 0.355 e. The van der Waals surface area contributed by atoms with Crippen LogP contribution in [-0.2, 0) is 4.79 Å². The van der Waals surface area contributed by atoms with E-state index in [1.54, 1.807) is 0 Å². The Labute approximate surface area is 106 Å². The third-order valence-corrected chi connectivity index (χ3v) is 3.33. The van der Waals surface area contributed by atoms with Crippen molar-refractivity contribution in [1.29, 1.82) is 0 Å². The van der Waals surface area contributed by atoms with Gasteiger partial charge in [-0.2, -0.15) is 13.2 Å². The Morgan fingerprint density at radius 2 is 2.11 bits per heavy atom. The summed E-state index contributed by atoms with van der Waals surface area (Å²) in [4.78, 5) is 11.9. The number of nitrogens with one attached hydrogen (secondary N) is 2. The van der Waals surface area contributed by atoms with Gasteiger partial charge >= 0.3 is 6.18 Å². The fraction of sp³-hybridized carbons (Fsp3) is 0.917. The number of carbonyl (C=O) groups excluding carboxylic acids is 1. The van der Waals surface area contributed by atoms with Gasteiger partial charge in [0.15, 0.2) is 0 Å². The lowest BCUT2D eigenvalue weighted by atomic mass is 9.77. The predicted octanol–water partition coefficient (Wildman–Crippen LogP) is 2.22. The molecule has 6 heteroatoms. The highest BCUT2D eigenvalue weighted by Gasteiger charge is 2.36. The van der Waals surface area contributed by atoms with Crippen molar-refractivity contribution in [3.05, 3.63) is 0 Å². The van der Waals surface area contributed by atoms with Crippen LogP contribution in [0.3, 0.4) is 0 Å². The summed E-state index contributed by atoms with van der Waals surface area (Å²) in [5.41, 5.74) is -0.146. The van der Waals surface area contributed by atoms with Crippen molar-refractivity contribution in [2.45, 2.75) is 51.7 Å². The molecule has 0 aromatic heterocycles. The summed E-state index contributed by atoms with van der Waals surface area (Å²) in [6, 6.07) is -0.308. The molecule has 106 valence electrons. The number of hydrogen-bond donors (Lipinski definition) is 2. The summed E-state index contributed by atoms with van der Waals surface area (Å²) in [7, 11) is 0. The van der Waals surface area contributed by atoms with Gasteiger partial charge in [0.25, 0.3) is 0 Å². The first-order chi connectivity index (χ1) is 8.22. The molecule has 18 heavy (non-hydrogen) atoms. The largest absolute Gasteiger partial charge is 0.389 e. The van der Waals surface area contributed by atoms with E-state index in [-0.39, 0.29) is 30.3 Å². The van der Waals surface area contributed by atoms with Crippen LogP contribution in [0.2, 0.25) is 0 Å². The van der Waals surface area contributed by atoms with Crippen LogP contribution in [0.25, 0.3) is 0 Å². The topological polar surface area (TPSA) is 41.1 Å². The van der Waals surface area contributed by atoms with Crippen LogP contribution < -0.4 is 10.6 Å². The average Bonchev–Trinajstić information content (AvgIpc) is 2.22. The second-order valence-corrected chi connectivity index (χ2v) is 5.49. The van der Waals surface area contributed by atoms with E-state index in [9.17, 15) is 18.0 Å². The third-order valence-electron chi connectivity index (χ3n) is 3.33. The van der Waals surface area contributed by atoms with Gasteiger partial charge in [0.2, 0.25) is 5.91 Å². The van der Waals surface area contributed by atoms with Gasteiger partial charge in [-0.3, -0.25) is 4.79 Å². The van der Waals surface area contributed by atoms with Crippen molar-refractivity contribution >= 4 is 5.91 Å². The Kier molecular flexibility index (Phi) is 5.01. The zero-order chi connectivity index (χ0) is 13.8. The Hall–Kier alpha value is -0.780. The number of rotatable bonds is 4. The fourth-order valence-corrected chi connectivity index (χ4v) is 2.26. The van der Waals surface area contributed by atoms with Gasteiger partial charge in [0.05, 0.1) is 6.04 Å². The Balaban J connectivity index is 2.32. The van der Waals surface area contributed by atoms with Gasteiger partial charge in [0.1, 0.15) is 0 Å². The molecule has 0 spiro atoms. The van der Waals surface area contributed by atoms with Crippen LogP contribution in [0.15, 0.2) is 0 Å². The van der Waals surface area contributed by atoms with E-state index in [1.165, 1.54) is 0 Å². The summed E-state index contributed by atoms with van der Waals surface area (Å²) in [5.74, 6) is -0.193. The highest BCUT2D eigenvalue weighted by Crippen LogP contribution is 2.30. The summed E-state index contributed by atoms with van der Waals surface area (Å²) in [5, 5.41) is 5.71. The molecule has 1 atom stereocenters. The average molecular weight is 266 g/mol. The standard InChI is InChI=1S/C12H21F3N2O/c1-11(2)5-3-7-16-9(11)10(18)17-8-4-6-12(13,14)15/h9,16H,3-8H2,1-2H3,(H,17,18). The van der Waals surface area contributed by atoms with E-state index >= 15 is 0 Å². The molecule has 1 heterocycles. The highest BCUT2D eigenvalue weighted by atomic mass is 19.4. The molecule has 3 nitrogen and oxygen atoms in total. The molecule has 1 unspecified atom stereocenters. The number of amides is 1. The van der Waals surface area contributed by atoms with Crippen LogP contribution in [-0.4, -0.2) is 31.2 Å². The second-order valence-electron chi connectivity index (χ2n) is 5.49. The zero-order valence-corrected chi connectivity index (χ0v) is 10.9. The van der Waals surface area contributed by atoms with E-state index in [0.29, 0.717) is 0 Å². The molecule has 2 N–H and O–H groups in total. The lowest BCUT2D eigenvalue weighted by molar-refractivity contribution is -0.136. The molecule has 1 aliphatic rings. The molecule has 0 saturated carbocycles. The molecular weight excluding hydrogens is 245 g/mol. The van der Waals surface area contributed by atoms with Gasteiger partial charge < -0.3 is 10.6 Å². The van der Waals surface area contributed by atoms with Gasteiger partial charge in [-0.1, -0.05) is 13.8 Å². The Bertz CT molecular complexity index is 290. The SMILES string of the molecule is CC1(C)CCCNC1C(=O)NCCCC(F)(F)F. The van der Waals surface area contributed by atoms with Crippen LogP contribution in [0.1, 0.15) is 39.5 Å². The maximum atomic E-state index is 11.9. The van der Waals surface area contributed by atoms with Crippen molar-refractivity contribution in [2.75, 3.05) is 13.1 Å². The van der Waals surface area contributed by atoms with Crippen molar-refractivity contribution < 1.29 is 18.0 Å². The van der Waals surface area contributed by atoms with E-state index in [4.69, 9.17) is 0 Å². The lowest BCUT2D eigenvalue weighted by Gasteiger charge is -2.38. The molecule has 0 aromatic rings. The summed E-state index contributed by atoms with van der Waals surface area (Å²) in [6.07, 6.45) is -3.10. The molecule has 0 aliphatic carbocycles. The van der Waals surface area contributed by atoms with Crippen LogP contribution in [0, 0.1) is 5.41 Å². The number of halogens is 3. The molecule has 1 aliphatic heterocycles. The number of hydrogen-bond acceptors (Lipinski definition) is 2. The van der Waals surface area contributed by atoms with Gasteiger partial charge in [0, 0.05) is 13.0 Å². The van der Waals surface area contributed by atoms with E-state index < -0.39 is 12.6 Å². The summed E-state index contributed by atoms with van der Waals surface area (Å²) in [6.45, 7) is 4.86. The normalized spacial score (nSPS) is 23.7. The molecule has 1 saturated heterocycles. The summed E-state index contributed by atoms with van der Waals surface area (Å²) < 4.78 is 35.8. The predicted molar refractivity (Wildman–Crippen MR) is 63.1 cm³/mol. The highest BCUT2D eigenvalue weighted by molar-refractivity contribution is 5.82. The molecule has 0 radical (unpaired) electrons. The minimum absolute atomic E-state index is 0.0671. The molecule has 1 fully saturated rings.